The zero-order valence-corrected chi connectivity index (χ0v) is 15.0. The smallest absolute Gasteiger partial charge is 0.249 e. The number of halogens is 1. The number of ether oxygens (including phenoxy) is 1. The van der Waals surface area contributed by atoms with Crippen molar-refractivity contribution in [3.05, 3.63) is 15.6 Å². The fourth-order valence-electron chi connectivity index (χ4n) is 3.15. The predicted octanol–water partition coefficient (Wildman–Crippen LogP) is 2.00. The van der Waals surface area contributed by atoms with E-state index >= 15 is 0 Å². The molecule has 1 aliphatic heterocycles. The summed E-state index contributed by atoms with van der Waals surface area (Å²) < 4.78 is 5.60. The summed E-state index contributed by atoms with van der Waals surface area (Å²) in [6.45, 7) is 1.19. The minimum Gasteiger partial charge on any atom is -0.364 e. The second kappa shape index (κ2) is 8.97. The Bertz CT molecular complexity index is 500. The Morgan fingerprint density at radius 2 is 2.17 bits per heavy atom. The van der Waals surface area contributed by atoms with E-state index in [0.29, 0.717) is 13.1 Å². The molecule has 0 saturated carbocycles. The normalized spacial score (nSPS) is 23.2. The van der Waals surface area contributed by atoms with Crippen molar-refractivity contribution in [2.24, 2.45) is 5.73 Å². The van der Waals surface area contributed by atoms with Crippen molar-refractivity contribution >= 4 is 29.7 Å². The van der Waals surface area contributed by atoms with Gasteiger partial charge in [-0.3, -0.25) is 4.79 Å². The number of carbonyl (C=O) groups excluding carboxylic acids is 1. The number of nitrogens with one attached hydrogen (secondary N) is 1. The number of rotatable bonds is 6. The molecule has 0 spiro atoms. The number of carbonyl (C=O) groups is 1. The number of hydrogen-bond acceptors (Lipinski definition) is 5. The van der Waals surface area contributed by atoms with Crippen molar-refractivity contribution in [2.75, 3.05) is 13.1 Å². The van der Waals surface area contributed by atoms with Gasteiger partial charge in [0.15, 0.2) is 0 Å². The lowest BCUT2D eigenvalue weighted by Gasteiger charge is -2.12. The van der Waals surface area contributed by atoms with Crippen molar-refractivity contribution in [2.45, 2.75) is 63.6 Å². The number of fused-ring (bicyclic) bond motifs is 1. The van der Waals surface area contributed by atoms with Gasteiger partial charge in [-0.15, -0.1) is 23.7 Å². The number of hydrogen-bond donors (Lipinski definition) is 2. The van der Waals surface area contributed by atoms with E-state index in [0.717, 1.165) is 32.1 Å². The van der Waals surface area contributed by atoms with Gasteiger partial charge in [-0.2, -0.15) is 0 Å². The van der Waals surface area contributed by atoms with E-state index in [4.69, 9.17) is 15.5 Å². The molecule has 5 nitrogen and oxygen atoms in total. The molecule has 2 heterocycles. The van der Waals surface area contributed by atoms with E-state index in [-0.39, 0.29) is 30.5 Å². The fourth-order valence-corrected chi connectivity index (χ4v) is 4.35. The van der Waals surface area contributed by atoms with Gasteiger partial charge in [-0.1, -0.05) is 0 Å². The van der Waals surface area contributed by atoms with Gasteiger partial charge < -0.3 is 15.8 Å². The Hall–Kier alpha value is -0.690. The summed E-state index contributed by atoms with van der Waals surface area (Å²) in [5.41, 5.74) is 6.88. The molecule has 1 amide bonds. The van der Waals surface area contributed by atoms with Crippen LogP contribution in [-0.4, -0.2) is 36.2 Å². The fraction of sp³-hybridized carbons (Fsp3) is 0.750. The number of thiazole rings is 1. The summed E-state index contributed by atoms with van der Waals surface area (Å²) in [5, 5.41) is 4.20. The maximum Gasteiger partial charge on any atom is 0.249 e. The first-order valence-corrected chi connectivity index (χ1v) is 9.18. The molecule has 0 radical (unpaired) electrons. The molecule has 3 N–H and O–H groups in total. The first-order chi connectivity index (χ1) is 10.8. The monoisotopic (exact) mass is 359 g/mol. The summed E-state index contributed by atoms with van der Waals surface area (Å²) in [6.07, 6.45) is 8.23. The van der Waals surface area contributed by atoms with E-state index in [9.17, 15) is 4.79 Å². The molecule has 3 rings (SSSR count). The lowest BCUT2D eigenvalue weighted by Crippen LogP contribution is -2.36. The largest absolute Gasteiger partial charge is 0.364 e. The first kappa shape index (κ1) is 18.6. The number of amides is 1. The van der Waals surface area contributed by atoms with Crippen LogP contribution in [0.25, 0.3) is 0 Å². The van der Waals surface area contributed by atoms with Crippen molar-refractivity contribution in [3.8, 4) is 0 Å². The summed E-state index contributed by atoms with van der Waals surface area (Å²) in [7, 11) is 0. The van der Waals surface area contributed by atoms with E-state index in [1.54, 1.807) is 0 Å². The number of nitrogens with zero attached hydrogens (tertiary/aromatic N) is 1. The molecule has 1 aromatic rings. The molecular formula is C16H26ClN3O2S. The van der Waals surface area contributed by atoms with Crippen LogP contribution in [0.15, 0.2) is 0 Å². The van der Waals surface area contributed by atoms with Gasteiger partial charge in [0.25, 0.3) is 0 Å². The van der Waals surface area contributed by atoms with E-state index < -0.39 is 0 Å². The van der Waals surface area contributed by atoms with Crippen LogP contribution >= 0.6 is 23.7 Å². The van der Waals surface area contributed by atoms with Gasteiger partial charge in [0, 0.05) is 24.4 Å². The Morgan fingerprint density at radius 1 is 1.35 bits per heavy atom. The van der Waals surface area contributed by atoms with E-state index in [2.05, 4.69) is 5.32 Å². The van der Waals surface area contributed by atoms with Crippen LogP contribution in [0.5, 0.6) is 0 Å². The molecule has 1 saturated heterocycles. The Balaban J connectivity index is 0.00000192. The molecule has 1 aliphatic carbocycles. The average Bonchev–Trinajstić information content (AvgIpc) is 3.17. The summed E-state index contributed by atoms with van der Waals surface area (Å²) in [6, 6.07) is 0. The molecule has 1 aromatic heterocycles. The average molecular weight is 360 g/mol. The third-order valence-corrected chi connectivity index (χ3v) is 5.64. The molecule has 2 aliphatic rings. The van der Waals surface area contributed by atoms with E-state index in [1.165, 1.54) is 34.8 Å². The Labute approximate surface area is 147 Å². The topological polar surface area (TPSA) is 77.2 Å². The minimum absolute atomic E-state index is 0. The van der Waals surface area contributed by atoms with Crippen LogP contribution in [0.4, 0.5) is 0 Å². The Morgan fingerprint density at radius 3 is 2.91 bits per heavy atom. The number of aryl methyl sites for hydroxylation is 3. The second-order valence-electron chi connectivity index (χ2n) is 6.14. The molecule has 0 aromatic carbocycles. The van der Waals surface area contributed by atoms with Gasteiger partial charge >= 0.3 is 0 Å². The molecule has 2 atom stereocenters. The van der Waals surface area contributed by atoms with Gasteiger partial charge in [0.1, 0.15) is 6.10 Å². The molecular weight excluding hydrogens is 334 g/mol. The van der Waals surface area contributed by atoms with Gasteiger partial charge in [0.05, 0.1) is 16.8 Å². The summed E-state index contributed by atoms with van der Waals surface area (Å²) in [4.78, 5) is 18.2. The van der Waals surface area contributed by atoms with Crippen molar-refractivity contribution < 1.29 is 9.53 Å². The van der Waals surface area contributed by atoms with Crippen molar-refractivity contribution in [1.82, 2.24) is 10.3 Å². The number of aromatic nitrogens is 1. The van der Waals surface area contributed by atoms with Gasteiger partial charge in [-0.05, 0) is 44.9 Å². The minimum atomic E-state index is -0.305. The zero-order valence-electron chi connectivity index (χ0n) is 13.4. The van der Waals surface area contributed by atoms with Gasteiger partial charge in [0.2, 0.25) is 5.91 Å². The molecule has 23 heavy (non-hydrogen) atoms. The third kappa shape index (κ3) is 4.89. The van der Waals surface area contributed by atoms with Crippen LogP contribution in [0.2, 0.25) is 0 Å². The maximum atomic E-state index is 12.0. The highest BCUT2D eigenvalue weighted by Crippen LogP contribution is 2.27. The Kier molecular flexibility index (Phi) is 7.27. The summed E-state index contributed by atoms with van der Waals surface area (Å²) in [5.74, 6) is 0.00869. The lowest BCUT2D eigenvalue weighted by atomic mass is 10.0. The third-order valence-electron chi connectivity index (χ3n) is 4.42. The van der Waals surface area contributed by atoms with Crippen LogP contribution < -0.4 is 11.1 Å². The first-order valence-electron chi connectivity index (χ1n) is 8.37. The van der Waals surface area contributed by atoms with Crippen LogP contribution in [0.3, 0.4) is 0 Å². The highest BCUT2D eigenvalue weighted by molar-refractivity contribution is 7.11. The molecule has 130 valence electrons. The lowest BCUT2D eigenvalue weighted by molar-refractivity contribution is -0.131. The molecule has 0 bridgehead atoms. The SMILES string of the molecule is Cl.NC[C@H]1CC[C@@H](C(=O)NCCCc2nc3c(s2)CCCC3)O1. The highest BCUT2D eigenvalue weighted by Gasteiger charge is 2.29. The predicted molar refractivity (Wildman–Crippen MR) is 94.3 cm³/mol. The molecule has 1 fully saturated rings. The maximum absolute atomic E-state index is 12.0. The van der Waals surface area contributed by atoms with Crippen molar-refractivity contribution in [1.29, 1.82) is 0 Å². The van der Waals surface area contributed by atoms with Gasteiger partial charge in [-0.25, -0.2) is 4.98 Å². The van der Waals surface area contributed by atoms with Crippen LogP contribution in [0, 0.1) is 0 Å². The quantitative estimate of drug-likeness (QED) is 0.761. The standard InChI is InChI=1S/C16H25N3O2S.ClH/c17-10-11-7-8-13(21-11)16(20)18-9-3-6-15-19-12-4-1-2-5-14(12)22-15;/h11,13H,1-10,17H2,(H,18,20);1H/t11-,13+;/m1./s1. The van der Waals surface area contributed by atoms with E-state index in [1.807, 2.05) is 11.3 Å². The second-order valence-corrected chi connectivity index (χ2v) is 7.31. The van der Waals surface area contributed by atoms with Crippen molar-refractivity contribution in [3.63, 3.8) is 0 Å². The van der Waals surface area contributed by atoms with Crippen LogP contribution in [-0.2, 0) is 28.8 Å². The molecule has 0 unspecified atom stereocenters. The van der Waals surface area contributed by atoms with Crippen LogP contribution in [0.1, 0.15) is 47.7 Å². The molecule has 7 heteroatoms. The number of nitrogens with two attached hydrogens (primary N) is 1. The zero-order chi connectivity index (χ0) is 15.4. The summed E-state index contributed by atoms with van der Waals surface area (Å²) >= 11 is 1.86. The highest BCUT2D eigenvalue weighted by atomic mass is 35.5.